The van der Waals surface area contributed by atoms with Gasteiger partial charge in [-0.2, -0.15) is 0 Å². The molecule has 0 aromatic heterocycles. The Kier molecular flexibility index (Phi) is 16.3. The minimum Gasteiger partial charge on any atom is -0.497 e. The van der Waals surface area contributed by atoms with Gasteiger partial charge in [-0.05, 0) is 30.7 Å². The van der Waals surface area contributed by atoms with Gasteiger partial charge < -0.3 is 14.2 Å². The van der Waals surface area contributed by atoms with Crippen molar-refractivity contribution in [3.05, 3.63) is 24.3 Å². The number of esters is 2. The molecular weight excluding hydrogens is 392 g/mol. The Bertz CT molecular complexity index is 582. The lowest BCUT2D eigenvalue weighted by molar-refractivity contribution is -0.147. The molecule has 0 unspecified atom stereocenters. The molecule has 0 aliphatic rings. The molecule has 0 spiro atoms. The molecule has 0 saturated heterocycles. The van der Waals surface area contributed by atoms with Crippen LogP contribution in [0.15, 0.2) is 24.3 Å². The van der Waals surface area contributed by atoms with Crippen LogP contribution in [0.2, 0.25) is 0 Å². The van der Waals surface area contributed by atoms with Gasteiger partial charge in [0.1, 0.15) is 11.5 Å². The molecule has 1 aromatic rings. The standard InChI is InChI=1S/C26H42O5/c1-3-4-5-6-7-8-9-10-11-12-13-14-15-22-30-25(27)20-21-26(28)31-24-18-16-23(29-2)17-19-24/h16-19H,3-15,20-22H2,1-2H3. The monoisotopic (exact) mass is 434 g/mol. The fourth-order valence-electron chi connectivity index (χ4n) is 3.41. The van der Waals surface area contributed by atoms with E-state index in [-0.39, 0.29) is 18.8 Å². The van der Waals surface area contributed by atoms with Crippen LogP contribution in [-0.4, -0.2) is 25.7 Å². The zero-order valence-electron chi connectivity index (χ0n) is 19.7. The molecule has 0 N–H and O–H groups in total. The molecule has 0 amide bonds. The van der Waals surface area contributed by atoms with Crippen molar-refractivity contribution >= 4 is 11.9 Å². The fourth-order valence-corrected chi connectivity index (χ4v) is 3.41. The lowest BCUT2D eigenvalue weighted by Gasteiger charge is -2.06. The Morgan fingerprint density at radius 2 is 1.10 bits per heavy atom. The average Bonchev–Trinajstić information content (AvgIpc) is 2.78. The first-order valence-corrected chi connectivity index (χ1v) is 12.2. The van der Waals surface area contributed by atoms with E-state index in [4.69, 9.17) is 14.2 Å². The minimum absolute atomic E-state index is 0.0173. The van der Waals surface area contributed by atoms with E-state index in [0.29, 0.717) is 18.1 Å². The van der Waals surface area contributed by atoms with Crippen LogP contribution in [0.4, 0.5) is 0 Å². The number of carbonyl (C=O) groups is 2. The van der Waals surface area contributed by atoms with Crippen molar-refractivity contribution in [2.45, 2.75) is 103 Å². The molecular formula is C26H42O5. The Labute approximate surface area is 188 Å². The quantitative estimate of drug-likeness (QED) is 0.133. The van der Waals surface area contributed by atoms with Crippen molar-refractivity contribution in [1.82, 2.24) is 0 Å². The van der Waals surface area contributed by atoms with Gasteiger partial charge in [-0.15, -0.1) is 0 Å². The summed E-state index contributed by atoms with van der Waals surface area (Å²) in [6, 6.07) is 6.74. The smallest absolute Gasteiger partial charge is 0.311 e. The first kappa shape index (κ1) is 27.0. The van der Waals surface area contributed by atoms with E-state index in [0.717, 1.165) is 12.8 Å². The van der Waals surface area contributed by atoms with Gasteiger partial charge in [0.05, 0.1) is 26.6 Å². The normalized spacial score (nSPS) is 10.6. The summed E-state index contributed by atoms with van der Waals surface area (Å²) in [6.07, 6.45) is 16.8. The zero-order chi connectivity index (χ0) is 22.6. The molecule has 1 aromatic carbocycles. The lowest BCUT2D eigenvalue weighted by atomic mass is 10.0. The summed E-state index contributed by atoms with van der Waals surface area (Å²) in [5.74, 6) is 0.344. The highest BCUT2D eigenvalue weighted by atomic mass is 16.5. The maximum atomic E-state index is 11.8. The van der Waals surface area contributed by atoms with Gasteiger partial charge in [-0.1, -0.05) is 84.0 Å². The van der Waals surface area contributed by atoms with Gasteiger partial charge >= 0.3 is 11.9 Å². The van der Waals surface area contributed by atoms with E-state index in [9.17, 15) is 9.59 Å². The SMILES string of the molecule is CCCCCCCCCCCCCCCOC(=O)CCC(=O)Oc1ccc(OC)cc1. The van der Waals surface area contributed by atoms with Crippen molar-refractivity contribution in [2.24, 2.45) is 0 Å². The van der Waals surface area contributed by atoms with Gasteiger partial charge in [0.2, 0.25) is 0 Å². The van der Waals surface area contributed by atoms with Crippen LogP contribution < -0.4 is 9.47 Å². The second-order valence-electron chi connectivity index (χ2n) is 8.11. The predicted octanol–water partition coefficient (Wildman–Crippen LogP) is 7.02. The third-order valence-corrected chi connectivity index (χ3v) is 5.34. The van der Waals surface area contributed by atoms with E-state index in [1.165, 1.54) is 70.6 Å². The number of benzene rings is 1. The van der Waals surface area contributed by atoms with E-state index < -0.39 is 5.97 Å². The van der Waals surface area contributed by atoms with E-state index in [1.807, 2.05) is 0 Å². The molecule has 5 heteroatoms. The highest BCUT2D eigenvalue weighted by Gasteiger charge is 2.10. The molecule has 0 atom stereocenters. The molecule has 0 heterocycles. The molecule has 5 nitrogen and oxygen atoms in total. The summed E-state index contributed by atoms with van der Waals surface area (Å²) in [5, 5.41) is 0. The average molecular weight is 435 g/mol. The summed E-state index contributed by atoms with van der Waals surface area (Å²) in [5.41, 5.74) is 0. The molecule has 0 saturated carbocycles. The molecule has 0 radical (unpaired) electrons. The Balaban J connectivity index is 1.89. The zero-order valence-corrected chi connectivity index (χ0v) is 19.7. The number of carbonyl (C=O) groups excluding carboxylic acids is 2. The van der Waals surface area contributed by atoms with Crippen molar-refractivity contribution in [2.75, 3.05) is 13.7 Å². The first-order valence-electron chi connectivity index (χ1n) is 12.2. The lowest BCUT2D eigenvalue weighted by Crippen LogP contribution is -2.12. The van der Waals surface area contributed by atoms with Crippen molar-refractivity contribution in [1.29, 1.82) is 0 Å². The summed E-state index contributed by atoms with van der Waals surface area (Å²) >= 11 is 0. The molecule has 0 aliphatic heterocycles. The number of rotatable bonds is 19. The van der Waals surface area contributed by atoms with Gasteiger partial charge in [0.25, 0.3) is 0 Å². The van der Waals surface area contributed by atoms with Gasteiger partial charge in [0, 0.05) is 0 Å². The van der Waals surface area contributed by atoms with Crippen LogP contribution in [0.5, 0.6) is 11.5 Å². The molecule has 1 rings (SSSR count). The second-order valence-corrected chi connectivity index (χ2v) is 8.11. The topological polar surface area (TPSA) is 61.8 Å². The maximum absolute atomic E-state index is 11.8. The van der Waals surface area contributed by atoms with Crippen LogP contribution in [0, 0.1) is 0 Å². The highest BCUT2D eigenvalue weighted by molar-refractivity contribution is 5.79. The van der Waals surface area contributed by atoms with Gasteiger partial charge in [-0.3, -0.25) is 9.59 Å². The summed E-state index contributed by atoms with van der Waals surface area (Å²) in [4.78, 5) is 23.6. The van der Waals surface area contributed by atoms with Crippen LogP contribution in [0.1, 0.15) is 103 Å². The third-order valence-electron chi connectivity index (χ3n) is 5.34. The highest BCUT2D eigenvalue weighted by Crippen LogP contribution is 2.17. The Morgan fingerprint density at radius 3 is 1.61 bits per heavy atom. The molecule has 0 bridgehead atoms. The summed E-state index contributed by atoms with van der Waals surface area (Å²) in [7, 11) is 1.57. The van der Waals surface area contributed by atoms with Crippen LogP contribution in [-0.2, 0) is 14.3 Å². The predicted molar refractivity (Wildman–Crippen MR) is 125 cm³/mol. The van der Waals surface area contributed by atoms with Crippen LogP contribution >= 0.6 is 0 Å². The number of methoxy groups -OCH3 is 1. The number of ether oxygens (including phenoxy) is 3. The Hall–Kier alpha value is -2.04. The third kappa shape index (κ3) is 15.4. The molecule has 31 heavy (non-hydrogen) atoms. The number of hydrogen-bond donors (Lipinski definition) is 0. The largest absolute Gasteiger partial charge is 0.497 e. The summed E-state index contributed by atoms with van der Waals surface area (Å²) < 4.78 is 15.5. The van der Waals surface area contributed by atoms with Crippen LogP contribution in [0.25, 0.3) is 0 Å². The van der Waals surface area contributed by atoms with Crippen molar-refractivity contribution < 1.29 is 23.8 Å². The minimum atomic E-state index is -0.442. The van der Waals surface area contributed by atoms with Gasteiger partial charge in [0.15, 0.2) is 0 Å². The molecule has 0 aliphatic carbocycles. The van der Waals surface area contributed by atoms with Crippen molar-refractivity contribution in [3.63, 3.8) is 0 Å². The van der Waals surface area contributed by atoms with Gasteiger partial charge in [-0.25, -0.2) is 0 Å². The van der Waals surface area contributed by atoms with Crippen molar-refractivity contribution in [3.8, 4) is 11.5 Å². The first-order chi connectivity index (χ1) is 15.2. The van der Waals surface area contributed by atoms with E-state index in [2.05, 4.69) is 6.92 Å². The molecule has 0 fully saturated rings. The Morgan fingerprint density at radius 1 is 0.645 bits per heavy atom. The fraction of sp³-hybridized carbons (Fsp3) is 0.692. The summed E-state index contributed by atoms with van der Waals surface area (Å²) in [6.45, 7) is 2.69. The number of hydrogen-bond acceptors (Lipinski definition) is 5. The number of unbranched alkanes of at least 4 members (excludes halogenated alkanes) is 12. The van der Waals surface area contributed by atoms with Crippen LogP contribution in [0.3, 0.4) is 0 Å². The maximum Gasteiger partial charge on any atom is 0.311 e. The van der Waals surface area contributed by atoms with E-state index in [1.54, 1.807) is 31.4 Å². The van der Waals surface area contributed by atoms with E-state index >= 15 is 0 Å². The second kappa shape index (κ2) is 18.7. The molecule has 176 valence electrons.